The van der Waals surface area contributed by atoms with Crippen molar-refractivity contribution < 1.29 is 22.4 Å². The Morgan fingerprint density at radius 3 is 2.85 bits per heavy atom. The molecule has 112 valence electrons. The van der Waals surface area contributed by atoms with Gasteiger partial charge in [0, 0.05) is 26.2 Å². The van der Waals surface area contributed by atoms with E-state index < -0.39 is 11.6 Å². The van der Waals surface area contributed by atoms with Crippen LogP contribution >= 0.6 is 0 Å². The first kappa shape index (κ1) is 13.8. The Morgan fingerprint density at radius 1 is 1.40 bits per heavy atom. The first-order valence-electron chi connectivity index (χ1n) is 6.69. The van der Waals surface area contributed by atoms with Crippen LogP contribution in [-0.2, 0) is 16.6 Å². The molecular formula is C12H16F3N3O2. The topological polar surface area (TPSA) is 60.2 Å². The van der Waals surface area contributed by atoms with Crippen LogP contribution in [-0.4, -0.2) is 42.6 Å². The summed E-state index contributed by atoms with van der Waals surface area (Å²) < 4.78 is 50.1. The summed E-state index contributed by atoms with van der Waals surface area (Å²) in [5.41, 5.74) is -2.04. The number of alkyl halides is 3. The van der Waals surface area contributed by atoms with Crippen LogP contribution in [0.15, 0.2) is 4.52 Å². The molecule has 2 fully saturated rings. The minimum absolute atomic E-state index is 0.0648. The van der Waals surface area contributed by atoms with Gasteiger partial charge in [0.15, 0.2) is 11.2 Å². The van der Waals surface area contributed by atoms with E-state index in [1.165, 1.54) is 0 Å². The summed E-state index contributed by atoms with van der Waals surface area (Å²) in [6, 6.07) is 0. The van der Waals surface area contributed by atoms with Gasteiger partial charge in [-0.15, -0.1) is 0 Å². The number of rotatable bonds is 3. The smallest absolute Gasteiger partial charge is 0.381 e. The van der Waals surface area contributed by atoms with E-state index in [-0.39, 0.29) is 24.8 Å². The van der Waals surface area contributed by atoms with Gasteiger partial charge < -0.3 is 14.6 Å². The predicted molar refractivity (Wildman–Crippen MR) is 62.1 cm³/mol. The molecular weight excluding hydrogens is 275 g/mol. The van der Waals surface area contributed by atoms with Crippen molar-refractivity contribution in [3.63, 3.8) is 0 Å². The maximum atomic E-state index is 13.3. The maximum Gasteiger partial charge on any atom is 0.404 e. The molecule has 0 spiro atoms. The Bertz CT molecular complexity index is 463. The quantitative estimate of drug-likeness (QED) is 0.913. The molecule has 0 aromatic carbocycles. The molecule has 3 rings (SSSR count). The highest BCUT2D eigenvalue weighted by Crippen LogP contribution is 2.44. The minimum Gasteiger partial charge on any atom is -0.381 e. The summed E-state index contributed by atoms with van der Waals surface area (Å²) in [5, 5.41) is 6.45. The lowest BCUT2D eigenvalue weighted by Gasteiger charge is -2.26. The molecule has 5 nitrogen and oxygen atoms in total. The van der Waals surface area contributed by atoms with Gasteiger partial charge >= 0.3 is 6.18 Å². The molecule has 0 radical (unpaired) electrons. The Morgan fingerprint density at radius 2 is 2.25 bits per heavy atom. The minimum atomic E-state index is -4.39. The SMILES string of the molecule is FC(F)(F)C1(c2nc(CC3CCOC3)no2)CCNC1. The molecule has 0 saturated carbocycles. The van der Waals surface area contributed by atoms with E-state index >= 15 is 0 Å². The predicted octanol–water partition coefficient (Wildman–Crippen LogP) is 1.44. The molecule has 2 aliphatic heterocycles. The highest BCUT2D eigenvalue weighted by Gasteiger charge is 2.61. The van der Waals surface area contributed by atoms with E-state index in [0.29, 0.717) is 32.0 Å². The fourth-order valence-electron chi connectivity index (χ4n) is 2.77. The van der Waals surface area contributed by atoms with Crippen LogP contribution < -0.4 is 5.32 Å². The largest absolute Gasteiger partial charge is 0.404 e. The van der Waals surface area contributed by atoms with Crippen molar-refractivity contribution in [1.82, 2.24) is 15.5 Å². The highest BCUT2D eigenvalue weighted by molar-refractivity contribution is 5.14. The second-order valence-corrected chi connectivity index (χ2v) is 5.46. The van der Waals surface area contributed by atoms with E-state index in [9.17, 15) is 13.2 Å². The first-order valence-corrected chi connectivity index (χ1v) is 6.69. The van der Waals surface area contributed by atoms with Gasteiger partial charge in [0.2, 0.25) is 5.89 Å². The Labute approximate surface area is 113 Å². The fraction of sp³-hybridized carbons (Fsp3) is 0.833. The summed E-state index contributed by atoms with van der Waals surface area (Å²) >= 11 is 0. The third kappa shape index (κ3) is 2.31. The maximum absolute atomic E-state index is 13.3. The standard InChI is InChI=1S/C12H16F3N3O2/c13-12(14,15)11(2-3-16-7-11)10-17-9(18-20-10)5-8-1-4-19-6-8/h8,16H,1-7H2. The van der Waals surface area contributed by atoms with E-state index in [1.807, 2.05) is 0 Å². The molecule has 0 aliphatic carbocycles. The molecule has 0 bridgehead atoms. The first-order chi connectivity index (χ1) is 9.51. The Balaban J connectivity index is 1.80. The molecule has 3 heterocycles. The van der Waals surface area contributed by atoms with E-state index in [0.717, 1.165) is 6.42 Å². The molecule has 2 unspecified atom stereocenters. The van der Waals surface area contributed by atoms with Gasteiger partial charge in [0.1, 0.15) is 0 Å². The van der Waals surface area contributed by atoms with Crippen molar-refractivity contribution in [2.75, 3.05) is 26.3 Å². The molecule has 1 N–H and O–H groups in total. The van der Waals surface area contributed by atoms with Crippen molar-refractivity contribution in [3.05, 3.63) is 11.7 Å². The van der Waals surface area contributed by atoms with E-state index in [2.05, 4.69) is 15.5 Å². The number of aromatic nitrogens is 2. The van der Waals surface area contributed by atoms with Crippen LogP contribution in [0.3, 0.4) is 0 Å². The van der Waals surface area contributed by atoms with Gasteiger partial charge in [-0.1, -0.05) is 5.16 Å². The average Bonchev–Trinajstić information content (AvgIpc) is 3.08. The lowest BCUT2D eigenvalue weighted by atomic mass is 9.86. The zero-order valence-electron chi connectivity index (χ0n) is 10.9. The van der Waals surface area contributed by atoms with Crippen LogP contribution in [0.25, 0.3) is 0 Å². The van der Waals surface area contributed by atoms with Crippen LogP contribution in [0.5, 0.6) is 0 Å². The summed E-state index contributed by atoms with van der Waals surface area (Å²) in [6.45, 7) is 1.39. The number of halogens is 3. The second kappa shape index (κ2) is 5.00. The van der Waals surface area contributed by atoms with Crippen LogP contribution in [0.4, 0.5) is 13.2 Å². The Hall–Kier alpha value is -1.15. The molecule has 2 saturated heterocycles. The van der Waals surface area contributed by atoms with Crippen LogP contribution in [0, 0.1) is 5.92 Å². The van der Waals surface area contributed by atoms with E-state index in [1.54, 1.807) is 0 Å². The van der Waals surface area contributed by atoms with Gasteiger partial charge in [0.25, 0.3) is 0 Å². The van der Waals surface area contributed by atoms with Crippen LogP contribution in [0.1, 0.15) is 24.6 Å². The third-order valence-corrected chi connectivity index (χ3v) is 4.07. The molecule has 2 aliphatic rings. The van der Waals surface area contributed by atoms with Gasteiger partial charge in [-0.3, -0.25) is 0 Å². The van der Waals surface area contributed by atoms with Crippen molar-refractivity contribution in [1.29, 1.82) is 0 Å². The molecule has 8 heteroatoms. The fourth-order valence-corrected chi connectivity index (χ4v) is 2.77. The van der Waals surface area contributed by atoms with Gasteiger partial charge in [-0.05, 0) is 25.3 Å². The van der Waals surface area contributed by atoms with Crippen molar-refractivity contribution in [2.24, 2.45) is 5.92 Å². The summed E-state index contributed by atoms with van der Waals surface area (Å²) in [6.07, 6.45) is -3.07. The molecule has 2 atom stereocenters. The second-order valence-electron chi connectivity index (χ2n) is 5.46. The molecule has 20 heavy (non-hydrogen) atoms. The molecule has 1 aromatic rings. The molecule has 1 aromatic heterocycles. The van der Waals surface area contributed by atoms with Crippen molar-refractivity contribution >= 4 is 0 Å². The summed E-state index contributed by atoms with van der Waals surface area (Å²) in [5.74, 6) is 0.291. The van der Waals surface area contributed by atoms with Crippen molar-refractivity contribution in [2.45, 2.75) is 30.9 Å². The van der Waals surface area contributed by atoms with Gasteiger partial charge in [0.05, 0.1) is 0 Å². The molecule has 0 amide bonds. The lowest BCUT2D eigenvalue weighted by Crippen LogP contribution is -2.44. The summed E-state index contributed by atoms with van der Waals surface area (Å²) in [4.78, 5) is 4.00. The average molecular weight is 291 g/mol. The summed E-state index contributed by atoms with van der Waals surface area (Å²) in [7, 11) is 0. The highest BCUT2D eigenvalue weighted by atomic mass is 19.4. The van der Waals surface area contributed by atoms with Gasteiger partial charge in [-0.25, -0.2) is 0 Å². The number of nitrogens with one attached hydrogen (secondary N) is 1. The monoisotopic (exact) mass is 291 g/mol. The Kier molecular flexibility index (Phi) is 3.45. The number of hydrogen-bond acceptors (Lipinski definition) is 5. The lowest BCUT2D eigenvalue weighted by molar-refractivity contribution is -0.191. The number of ether oxygens (including phenoxy) is 1. The van der Waals surface area contributed by atoms with E-state index in [4.69, 9.17) is 9.26 Å². The number of nitrogens with zero attached hydrogens (tertiary/aromatic N) is 2. The zero-order chi connectivity index (χ0) is 14.2. The third-order valence-electron chi connectivity index (χ3n) is 4.07. The van der Waals surface area contributed by atoms with Gasteiger partial charge in [-0.2, -0.15) is 18.2 Å². The zero-order valence-corrected chi connectivity index (χ0v) is 10.9. The van der Waals surface area contributed by atoms with Crippen LogP contribution in [0.2, 0.25) is 0 Å². The van der Waals surface area contributed by atoms with Crippen molar-refractivity contribution in [3.8, 4) is 0 Å². The number of hydrogen-bond donors (Lipinski definition) is 1. The normalized spacial score (nSPS) is 31.1.